The molecule has 394 valence electrons. The lowest BCUT2D eigenvalue weighted by Gasteiger charge is -2.46. The molecule has 0 N–H and O–H groups in total. The lowest BCUT2D eigenvalue weighted by molar-refractivity contribution is 0.332. The fraction of sp³-hybridized carbons (Fsp3) is 0.389. The maximum atomic E-state index is 2.76. The van der Waals surface area contributed by atoms with Crippen molar-refractivity contribution in [3.05, 3.63) is 178 Å². The first-order valence-corrected chi connectivity index (χ1v) is 29.6. The fourth-order valence-corrected chi connectivity index (χ4v) is 14.9. The van der Waals surface area contributed by atoms with Crippen molar-refractivity contribution >= 4 is 95.0 Å². The first-order chi connectivity index (χ1) is 36.0. The summed E-state index contributed by atoms with van der Waals surface area (Å²) in [7, 11) is 0. The molecule has 0 saturated carbocycles. The molecule has 0 atom stereocenters. The van der Waals surface area contributed by atoms with Crippen LogP contribution in [0.3, 0.4) is 0 Å². The minimum Gasteiger partial charge on any atom is -0.311 e. The van der Waals surface area contributed by atoms with Gasteiger partial charge in [0.05, 0.1) is 11.4 Å². The molecule has 2 aliphatic heterocycles. The van der Waals surface area contributed by atoms with Gasteiger partial charge in [-0.15, -0.1) is 11.3 Å². The third kappa shape index (κ3) is 8.42. The summed E-state index contributed by atoms with van der Waals surface area (Å²) >= 11 is 2.05. The summed E-state index contributed by atoms with van der Waals surface area (Å²) in [5.74, 6) is 0. The molecular weight excluding hydrogens is 950 g/mol. The van der Waals surface area contributed by atoms with E-state index >= 15 is 0 Å². The van der Waals surface area contributed by atoms with Gasteiger partial charge in [-0.2, -0.15) is 0 Å². The molecule has 12 rings (SSSR count). The van der Waals surface area contributed by atoms with E-state index in [4.69, 9.17) is 0 Å². The van der Waals surface area contributed by atoms with Gasteiger partial charge < -0.3 is 14.7 Å². The van der Waals surface area contributed by atoms with Crippen LogP contribution in [-0.4, -0.2) is 6.71 Å². The lowest BCUT2D eigenvalue weighted by Crippen LogP contribution is -2.60. The number of nitrogens with zero attached hydrogens (tertiary/aromatic N) is 3. The summed E-state index contributed by atoms with van der Waals surface area (Å²) in [6, 6.07) is 55.2. The molecule has 4 aliphatic rings. The Hall–Kier alpha value is -6.04. The summed E-state index contributed by atoms with van der Waals surface area (Å²) in [5.41, 5.74) is 23.7. The van der Waals surface area contributed by atoms with E-state index in [9.17, 15) is 0 Å². The fourth-order valence-electron chi connectivity index (χ4n) is 13.6. The molecule has 0 radical (unpaired) electrons. The third-order valence-corrected chi connectivity index (χ3v) is 20.0. The van der Waals surface area contributed by atoms with Crippen molar-refractivity contribution in [2.24, 2.45) is 0 Å². The van der Waals surface area contributed by atoms with Crippen molar-refractivity contribution < 1.29 is 0 Å². The van der Waals surface area contributed by atoms with Gasteiger partial charge in [0.2, 0.25) is 0 Å². The van der Waals surface area contributed by atoms with Gasteiger partial charge in [0.25, 0.3) is 6.71 Å². The number of fused-ring (bicyclic) bond motifs is 8. The zero-order valence-electron chi connectivity index (χ0n) is 49.4. The van der Waals surface area contributed by atoms with Crippen LogP contribution in [0.1, 0.15) is 182 Å². The Kier molecular flexibility index (Phi) is 11.6. The molecule has 1 aromatic heterocycles. The van der Waals surface area contributed by atoms with Crippen molar-refractivity contribution in [1.29, 1.82) is 0 Å². The number of thiophene rings is 1. The SMILES string of the molecule is CC(C)(C)c1cc(N2c3cc(C(C)(C)C)ccc3B3c4sc5cc6c(cc5c4N(c4ccc5c(c4)C(C)(C)CCC5(C)C)c4cc(N(c5ccccc5)c5ccccc5)cc2c43)C(C)(C)CCC6(C)C)cc(C(C)(C)C)c1. The molecule has 0 amide bonds. The number of benzene rings is 7. The van der Waals surface area contributed by atoms with Gasteiger partial charge in [-0.25, -0.2) is 0 Å². The number of rotatable bonds is 5. The maximum Gasteiger partial charge on any atom is 0.264 e. The van der Waals surface area contributed by atoms with Gasteiger partial charge >= 0.3 is 0 Å². The normalized spacial score (nSPS) is 17.8. The second kappa shape index (κ2) is 17.2. The van der Waals surface area contributed by atoms with Crippen molar-refractivity contribution in [2.75, 3.05) is 14.7 Å². The molecule has 77 heavy (non-hydrogen) atoms. The van der Waals surface area contributed by atoms with Crippen molar-refractivity contribution in [1.82, 2.24) is 0 Å². The van der Waals surface area contributed by atoms with Crippen LogP contribution in [0, 0.1) is 0 Å². The number of hydrogen-bond acceptors (Lipinski definition) is 4. The molecule has 0 spiro atoms. The average Bonchev–Trinajstić information content (AvgIpc) is 3.95. The standard InChI is InChI=1S/C72H82BN3S/c1-66(2,3)45-28-31-58-59(39-45)75(51-37-46(67(4,5)6)36-47(38-51)68(7,8)9)60-41-52(74(48-24-20-18-21-25-48)49-26-22-19-23-27-49)42-61-63(60)73(58)65-64(53-43-56-57(44-62(53)77-65)72(16,17)35-34-71(56,14)15)76(61)50-29-30-54-55(40-50)70(12,13)33-32-69(54,10)11/h18-31,36-44H,32-35H2,1-17H3. The first kappa shape index (κ1) is 51.7. The number of anilines is 9. The number of para-hydroxylation sites is 2. The van der Waals surface area contributed by atoms with Crippen LogP contribution in [0.2, 0.25) is 0 Å². The maximum absolute atomic E-state index is 2.76. The van der Waals surface area contributed by atoms with Gasteiger partial charge in [-0.3, -0.25) is 0 Å². The van der Waals surface area contributed by atoms with Gasteiger partial charge in [0.15, 0.2) is 0 Å². The van der Waals surface area contributed by atoms with E-state index in [1.165, 1.54) is 118 Å². The van der Waals surface area contributed by atoms with Crippen LogP contribution in [0.25, 0.3) is 10.1 Å². The van der Waals surface area contributed by atoms with Crippen LogP contribution in [0.5, 0.6) is 0 Å². The molecular formula is C72H82BN3S. The third-order valence-electron chi connectivity index (χ3n) is 18.8. The highest BCUT2D eigenvalue weighted by molar-refractivity contribution is 7.33. The molecule has 3 heterocycles. The molecule has 0 unspecified atom stereocenters. The predicted molar refractivity (Wildman–Crippen MR) is 337 cm³/mol. The minimum atomic E-state index is -0.0804. The van der Waals surface area contributed by atoms with E-state index in [-0.39, 0.29) is 44.6 Å². The Morgan fingerprint density at radius 2 is 0.922 bits per heavy atom. The smallest absolute Gasteiger partial charge is 0.264 e. The van der Waals surface area contributed by atoms with E-state index < -0.39 is 0 Å². The van der Waals surface area contributed by atoms with Gasteiger partial charge in [0, 0.05) is 54.7 Å². The van der Waals surface area contributed by atoms with Gasteiger partial charge in [-0.05, 0) is 192 Å². The second-order valence-electron chi connectivity index (χ2n) is 29.3. The highest BCUT2D eigenvalue weighted by Gasteiger charge is 2.48. The number of hydrogen-bond donors (Lipinski definition) is 0. The Bertz CT molecular complexity index is 3590. The topological polar surface area (TPSA) is 9.72 Å². The molecule has 3 nitrogen and oxygen atoms in total. The summed E-state index contributed by atoms with van der Waals surface area (Å²) in [6.07, 6.45) is 4.69. The summed E-state index contributed by atoms with van der Waals surface area (Å²) in [6.45, 7) is 41.2. The Morgan fingerprint density at radius 3 is 1.45 bits per heavy atom. The second-order valence-corrected chi connectivity index (χ2v) is 30.4. The molecule has 7 aromatic carbocycles. The molecule has 2 aliphatic carbocycles. The molecule has 0 bridgehead atoms. The quantitative estimate of drug-likeness (QED) is 0.159. The Balaban J connectivity index is 1.27. The Morgan fingerprint density at radius 1 is 0.429 bits per heavy atom. The van der Waals surface area contributed by atoms with Gasteiger partial charge in [0.1, 0.15) is 0 Å². The Labute approximate surface area is 466 Å². The van der Waals surface area contributed by atoms with E-state index in [1.54, 1.807) is 0 Å². The van der Waals surface area contributed by atoms with E-state index in [0.29, 0.717) is 0 Å². The minimum absolute atomic E-state index is 0.0150. The van der Waals surface area contributed by atoms with E-state index in [0.717, 1.165) is 23.5 Å². The van der Waals surface area contributed by atoms with E-state index in [1.807, 2.05) is 0 Å². The van der Waals surface area contributed by atoms with Crippen molar-refractivity contribution in [3.63, 3.8) is 0 Å². The molecule has 5 heteroatoms. The highest BCUT2D eigenvalue weighted by Crippen LogP contribution is 2.56. The lowest BCUT2D eigenvalue weighted by atomic mass is 9.36. The van der Waals surface area contributed by atoms with Crippen molar-refractivity contribution in [2.45, 2.75) is 181 Å². The van der Waals surface area contributed by atoms with Crippen LogP contribution in [-0.2, 0) is 37.9 Å². The molecule has 8 aromatic rings. The van der Waals surface area contributed by atoms with Crippen molar-refractivity contribution in [3.8, 4) is 0 Å². The molecule has 0 fully saturated rings. The molecule has 0 saturated heterocycles. The summed E-state index contributed by atoms with van der Waals surface area (Å²) in [5, 5.41) is 1.37. The predicted octanol–water partition coefficient (Wildman–Crippen LogP) is 19.0. The van der Waals surface area contributed by atoms with Crippen LogP contribution in [0.15, 0.2) is 140 Å². The zero-order chi connectivity index (χ0) is 54.7. The summed E-state index contributed by atoms with van der Waals surface area (Å²) < 4.78 is 2.82. The monoisotopic (exact) mass is 1030 g/mol. The van der Waals surface area contributed by atoms with Crippen LogP contribution >= 0.6 is 11.3 Å². The highest BCUT2D eigenvalue weighted by atomic mass is 32.1. The van der Waals surface area contributed by atoms with Gasteiger partial charge in [-0.1, -0.05) is 178 Å². The van der Waals surface area contributed by atoms with Crippen LogP contribution in [0.4, 0.5) is 51.2 Å². The largest absolute Gasteiger partial charge is 0.311 e. The van der Waals surface area contributed by atoms with Crippen LogP contribution < -0.4 is 30.4 Å². The van der Waals surface area contributed by atoms with E-state index in [2.05, 4.69) is 283 Å². The summed E-state index contributed by atoms with van der Waals surface area (Å²) in [4.78, 5) is 7.95. The average molecular weight is 1030 g/mol. The zero-order valence-corrected chi connectivity index (χ0v) is 50.3. The first-order valence-electron chi connectivity index (χ1n) is 28.8.